The van der Waals surface area contributed by atoms with Gasteiger partial charge in [-0.15, -0.1) is 4.68 Å². The highest BCUT2D eigenvalue weighted by Gasteiger charge is 2.10. The minimum absolute atomic E-state index is 0. The highest BCUT2D eigenvalue weighted by atomic mass is 79.9. The Morgan fingerprint density at radius 1 is 0.833 bits per heavy atom. The normalized spacial score (nSPS) is 9.78. The molecule has 0 aliphatic rings. The van der Waals surface area contributed by atoms with Crippen molar-refractivity contribution in [1.29, 1.82) is 0 Å². The van der Waals surface area contributed by atoms with Gasteiger partial charge in [-0.05, 0) is 24.3 Å². The van der Waals surface area contributed by atoms with Gasteiger partial charge in [0.1, 0.15) is 5.69 Å². The Kier molecular flexibility index (Phi) is 3.84. The largest absolute Gasteiger partial charge is 1.00 e. The molecule has 1 aromatic heterocycles. The number of rotatable bonds is 2. The van der Waals surface area contributed by atoms with Crippen LogP contribution >= 0.6 is 0 Å². The van der Waals surface area contributed by atoms with Gasteiger partial charge in [-0.25, -0.2) is 0 Å². The molecule has 0 aliphatic carbocycles. The summed E-state index contributed by atoms with van der Waals surface area (Å²) in [6.45, 7) is 0. The van der Waals surface area contributed by atoms with Crippen LogP contribution in [0.4, 0.5) is 0 Å². The molecule has 4 nitrogen and oxygen atoms in total. The van der Waals surface area contributed by atoms with Gasteiger partial charge in [0, 0.05) is 4.80 Å². The van der Waals surface area contributed by atoms with Crippen LogP contribution < -0.4 is 21.7 Å². The van der Waals surface area contributed by atoms with E-state index in [0.29, 0.717) is 0 Å². The summed E-state index contributed by atoms with van der Waals surface area (Å²) in [6, 6.07) is 19.7. The quantitative estimate of drug-likeness (QED) is 0.543. The van der Waals surface area contributed by atoms with Crippen molar-refractivity contribution in [2.24, 2.45) is 0 Å². The maximum atomic E-state index is 4.37. The predicted molar refractivity (Wildman–Crippen MR) is 62.9 cm³/mol. The second-order valence-corrected chi connectivity index (χ2v) is 3.63. The predicted octanol–water partition coefficient (Wildman–Crippen LogP) is -1.45. The zero-order valence-corrected chi connectivity index (χ0v) is 11.1. The molecule has 0 atom stereocenters. The molecule has 0 aliphatic heterocycles. The third kappa shape index (κ3) is 2.46. The number of tetrazole rings is 1. The zero-order chi connectivity index (χ0) is 11.5. The van der Waals surface area contributed by atoms with Gasteiger partial charge >= 0.3 is 0 Å². The second-order valence-electron chi connectivity index (χ2n) is 3.63. The van der Waals surface area contributed by atoms with Crippen molar-refractivity contribution in [2.45, 2.75) is 0 Å². The van der Waals surface area contributed by atoms with E-state index in [4.69, 9.17) is 0 Å². The molecule has 0 N–H and O–H groups in total. The molecule has 0 spiro atoms. The molecule has 0 fully saturated rings. The third-order valence-corrected chi connectivity index (χ3v) is 2.46. The number of nitrogens with zero attached hydrogens (tertiary/aromatic N) is 4. The Balaban J connectivity index is 0.00000120. The Morgan fingerprint density at radius 3 is 2.11 bits per heavy atom. The fraction of sp³-hybridized carbons (Fsp3) is 0. The van der Waals surface area contributed by atoms with Crippen molar-refractivity contribution >= 4 is 0 Å². The molecule has 0 amide bonds. The summed E-state index contributed by atoms with van der Waals surface area (Å²) in [5.41, 5.74) is 1.94. The molecule has 3 rings (SSSR count). The minimum atomic E-state index is 0. The van der Waals surface area contributed by atoms with Crippen LogP contribution in [0.3, 0.4) is 0 Å². The maximum Gasteiger partial charge on any atom is 0.291 e. The molecule has 0 saturated carbocycles. The molecular weight excluding hydrogens is 292 g/mol. The molecule has 0 saturated heterocycles. The first-order valence-electron chi connectivity index (χ1n) is 5.38. The lowest BCUT2D eigenvalue weighted by Gasteiger charge is -1.91. The van der Waals surface area contributed by atoms with Crippen LogP contribution in [0.25, 0.3) is 11.4 Å². The van der Waals surface area contributed by atoms with Gasteiger partial charge in [-0.1, -0.05) is 36.4 Å². The van der Waals surface area contributed by atoms with E-state index >= 15 is 0 Å². The zero-order valence-electron chi connectivity index (χ0n) is 9.52. The number of aromatic nitrogens is 4. The van der Waals surface area contributed by atoms with Gasteiger partial charge in [0.05, 0.1) is 10.3 Å². The first-order valence-corrected chi connectivity index (χ1v) is 5.38. The highest BCUT2D eigenvalue weighted by Crippen LogP contribution is 2.02. The molecule has 3 aromatic rings. The smallest absolute Gasteiger partial charge is 0.291 e. The molecule has 5 heteroatoms. The molecule has 0 bridgehead atoms. The summed E-state index contributed by atoms with van der Waals surface area (Å²) in [4.78, 5) is 1.60. The third-order valence-electron chi connectivity index (χ3n) is 2.46. The van der Waals surface area contributed by atoms with E-state index in [1.165, 1.54) is 0 Å². The monoisotopic (exact) mass is 302 g/mol. The van der Waals surface area contributed by atoms with Gasteiger partial charge in [-0.2, -0.15) is 0 Å². The number of hydrogen-bond donors (Lipinski definition) is 0. The number of benzene rings is 2. The van der Waals surface area contributed by atoms with E-state index < -0.39 is 0 Å². The van der Waals surface area contributed by atoms with E-state index in [-0.39, 0.29) is 17.0 Å². The standard InChI is InChI=1S/C13H11N4.BrH/c1-3-7-12(8-4-1)16-11-14-17(15-16)13-9-5-2-6-10-13;/h1-11H;1H/q+1;/p-1. The topological polar surface area (TPSA) is 34.6 Å². The number of halogens is 1. The number of hydrogen-bond acceptors (Lipinski definition) is 2. The summed E-state index contributed by atoms with van der Waals surface area (Å²) in [6.07, 6.45) is 1.70. The highest BCUT2D eigenvalue weighted by molar-refractivity contribution is 5.27. The number of para-hydroxylation sites is 2. The van der Waals surface area contributed by atoms with Crippen molar-refractivity contribution < 1.29 is 21.7 Å². The maximum absolute atomic E-state index is 4.37. The van der Waals surface area contributed by atoms with Crippen LogP contribution in [0.2, 0.25) is 0 Å². The lowest BCUT2D eigenvalue weighted by atomic mass is 10.3. The van der Waals surface area contributed by atoms with Crippen LogP contribution in [0.5, 0.6) is 0 Å². The van der Waals surface area contributed by atoms with Crippen molar-refractivity contribution in [3.8, 4) is 11.4 Å². The SMILES string of the molecule is [Br-].c1ccc(-n2nc[n+](-c3ccccc3)n2)cc1. The minimum Gasteiger partial charge on any atom is -1.00 e. The Labute approximate surface area is 115 Å². The van der Waals surface area contributed by atoms with Crippen molar-refractivity contribution in [3.63, 3.8) is 0 Å². The molecule has 1 heterocycles. The molecule has 18 heavy (non-hydrogen) atoms. The van der Waals surface area contributed by atoms with Crippen molar-refractivity contribution in [2.75, 3.05) is 0 Å². The fourth-order valence-corrected chi connectivity index (χ4v) is 1.61. The fourth-order valence-electron chi connectivity index (χ4n) is 1.61. The molecular formula is C13H11BrN4. The lowest BCUT2D eigenvalue weighted by Crippen LogP contribution is -3.00. The average Bonchev–Trinajstić information content (AvgIpc) is 2.90. The van der Waals surface area contributed by atoms with Gasteiger partial charge in [-0.3, -0.25) is 0 Å². The van der Waals surface area contributed by atoms with Gasteiger partial charge in [0.15, 0.2) is 5.69 Å². The lowest BCUT2D eigenvalue weighted by molar-refractivity contribution is -0.661. The summed E-state index contributed by atoms with van der Waals surface area (Å²) in [5, 5.41) is 8.60. The van der Waals surface area contributed by atoms with E-state index in [2.05, 4.69) is 10.3 Å². The van der Waals surface area contributed by atoms with Gasteiger partial charge in [0.25, 0.3) is 6.33 Å². The molecule has 0 unspecified atom stereocenters. The first kappa shape index (κ1) is 12.4. The summed E-state index contributed by atoms with van der Waals surface area (Å²) in [7, 11) is 0. The Bertz CT molecular complexity index is 553. The first-order chi connectivity index (χ1) is 8.43. The van der Waals surface area contributed by atoms with E-state index in [9.17, 15) is 0 Å². The average molecular weight is 303 g/mol. The summed E-state index contributed by atoms with van der Waals surface area (Å²) in [5.74, 6) is 0. The second kappa shape index (κ2) is 5.55. The summed E-state index contributed by atoms with van der Waals surface area (Å²) >= 11 is 0. The molecule has 90 valence electrons. The van der Waals surface area contributed by atoms with Crippen molar-refractivity contribution in [3.05, 3.63) is 67.0 Å². The van der Waals surface area contributed by atoms with E-state index in [1.807, 2.05) is 60.7 Å². The van der Waals surface area contributed by atoms with Crippen LogP contribution in [0, 0.1) is 0 Å². The van der Waals surface area contributed by atoms with Crippen LogP contribution in [0.1, 0.15) is 0 Å². The van der Waals surface area contributed by atoms with Crippen molar-refractivity contribution in [1.82, 2.24) is 15.1 Å². The molecule has 0 radical (unpaired) electrons. The Morgan fingerprint density at radius 2 is 1.44 bits per heavy atom. The van der Waals surface area contributed by atoms with Crippen LogP contribution in [0.15, 0.2) is 67.0 Å². The van der Waals surface area contributed by atoms with E-state index in [1.54, 1.807) is 15.8 Å². The Hall–Kier alpha value is -2.01. The summed E-state index contributed by atoms with van der Waals surface area (Å²) < 4.78 is 1.74. The van der Waals surface area contributed by atoms with Crippen LogP contribution in [-0.4, -0.2) is 15.1 Å². The van der Waals surface area contributed by atoms with Gasteiger partial charge in [0.2, 0.25) is 0 Å². The van der Waals surface area contributed by atoms with Gasteiger partial charge < -0.3 is 17.0 Å². The van der Waals surface area contributed by atoms with E-state index in [0.717, 1.165) is 11.4 Å². The molecule has 2 aromatic carbocycles. The van der Waals surface area contributed by atoms with Crippen LogP contribution in [-0.2, 0) is 0 Å².